The van der Waals surface area contributed by atoms with Gasteiger partial charge < -0.3 is 20.5 Å². The number of pyridine rings is 1. The van der Waals surface area contributed by atoms with Crippen molar-refractivity contribution in [1.82, 2.24) is 4.98 Å². The molecule has 0 atom stereocenters. The van der Waals surface area contributed by atoms with Crippen LogP contribution in [0.4, 0.5) is 26.2 Å². The second-order valence-corrected chi connectivity index (χ2v) is 8.29. The Balaban J connectivity index is 1.86. The first kappa shape index (κ1) is 23.5. The number of aromatic nitrogens is 1. The number of rotatable bonds is 6. The minimum Gasteiger partial charge on any atom is -0.455 e. The number of nitrogens with two attached hydrogens (primary N) is 1. The number of carbonyl (C=O) groups is 2. The molecule has 4 N–H and O–H groups in total. The number of benzene rings is 2. The van der Waals surface area contributed by atoms with E-state index in [0.717, 1.165) is 5.56 Å². The Morgan fingerprint density at radius 1 is 1.06 bits per heavy atom. The van der Waals surface area contributed by atoms with Crippen LogP contribution < -0.4 is 21.1 Å². The molecular weight excluding hydrogens is 427 g/mol. The zero-order valence-corrected chi connectivity index (χ0v) is 18.7. The van der Waals surface area contributed by atoms with Crippen molar-refractivity contribution in [2.45, 2.75) is 33.3 Å². The first-order valence-electron chi connectivity index (χ1n) is 10.1. The van der Waals surface area contributed by atoms with Crippen molar-refractivity contribution in [3.8, 4) is 11.5 Å². The van der Waals surface area contributed by atoms with Gasteiger partial charge in [-0.15, -0.1) is 0 Å². The summed E-state index contributed by atoms with van der Waals surface area (Å²) >= 11 is 0. The highest BCUT2D eigenvalue weighted by Crippen LogP contribution is 2.32. The molecule has 1 aromatic heterocycles. The smallest absolute Gasteiger partial charge is 0.412 e. The second kappa shape index (κ2) is 9.56. The highest BCUT2D eigenvalue weighted by molar-refractivity contribution is 6.01. The molecule has 172 valence electrons. The number of aryl methyl sites for hydroxylation is 1. The number of hydrogen-bond acceptors (Lipinski definition) is 6. The molecule has 0 aliphatic carbocycles. The third kappa shape index (κ3) is 6.42. The van der Waals surface area contributed by atoms with Crippen LogP contribution >= 0.6 is 0 Å². The number of primary amides is 1. The molecule has 0 aliphatic heterocycles. The van der Waals surface area contributed by atoms with Crippen molar-refractivity contribution in [2.24, 2.45) is 5.73 Å². The third-order valence-corrected chi connectivity index (χ3v) is 4.26. The van der Waals surface area contributed by atoms with Gasteiger partial charge in [-0.1, -0.05) is 12.1 Å². The number of ether oxygens (including phenoxy) is 2. The van der Waals surface area contributed by atoms with Crippen molar-refractivity contribution in [2.75, 3.05) is 10.6 Å². The standard InChI is InChI=1S/C24H25FN4O4/c1-14-8-9-18(17(25)10-14)29-19-12-27-13-20(21(19)22(26)30)32-16-7-5-6-15(11-16)28-23(31)33-24(2,3)4/h5-13,29H,1-4H3,(H2,26,30)(H,28,31). The first-order valence-corrected chi connectivity index (χ1v) is 10.1. The molecule has 2 amide bonds. The van der Waals surface area contributed by atoms with E-state index in [9.17, 15) is 14.0 Å². The normalized spacial score (nSPS) is 10.9. The van der Waals surface area contributed by atoms with Crippen LogP contribution in [0, 0.1) is 12.7 Å². The summed E-state index contributed by atoms with van der Waals surface area (Å²) in [5.74, 6) is -0.899. The Morgan fingerprint density at radius 3 is 2.48 bits per heavy atom. The van der Waals surface area contributed by atoms with E-state index in [1.807, 2.05) is 0 Å². The number of halogens is 1. The van der Waals surface area contributed by atoms with Gasteiger partial charge >= 0.3 is 6.09 Å². The summed E-state index contributed by atoms with van der Waals surface area (Å²) in [5.41, 5.74) is 6.45. The summed E-state index contributed by atoms with van der Waals surface area (Å²) in [6.07, 6.45) is 2.06. The van der Waals surface area contributed by atoms with Crippen molar-refractivity contribution in [3.05, 3.63) is 71.8 Å². The van der Waals surface area contributed by atoms with Crippen LogP contribution in [0.1, 0.15) is 36.7 Å². The number of hydrogen-bond donors (Lipinski definition) is 3. The Labute approximate surface area is 190 Å². The number of amides is 2. The molecule has 0 saturated carbocycles. The maximum Gasteiger partial charge on any atom is 0.412 e. The van der Waals surface area contributed by atoms with Gasteiger partial charge in [0, 0.05) is 11.8 Å². The molecule has 0 aliphatic rings. The van der Waals surface area contributed by atoms with Gasteiger partial charge in [-0.2, -0.15) is 0 Å². The molecule has 0 radical (unpaired) electrons. The van der Waals surface area contributed by atoms with Crippen molar-refractivity contribution in [1.29, 1.82) is 0 Å². The Hall–Kier alpha value is -4.14. The third-order valence-electron chi connectivity index (χ3n) is 4.26. The molecule has 3 rings (SSSR count). The summed E-state index contributed by atoms with van der Waals surface area (Å²) in [7, 11) is 0. The Kier molecular flexibility index (Phi) is 6.81. The van der Waals surface area contributed by atoms with Gasteiger partial charge in [-0.3, -0.25) is 15.1 Å². The molecule has 33 heavy (non-hydrogen) atoms. The van der Waals surface area contributed by atoms with Crippen LogP contribution in [0.15, 0.2) is 54.9 Å². The fraction of sp³-hybridized carbons (Fsp3) is 0.208. The SMILES string of the molecule is Cc1ccc(Nc2cncc(Oc3cccc(NC(=O)OC(C)(C)C)c3)c2C(N)=O)c(F)c1. The largest absolute Gasteiger partial charge is 0.455 e. The zero-order chi connectivity index (χ0) is 24.2. The summed E-state index contributed by atoms with van der Waals surface area (Å²) in [5, 5.41) is 5.46. The summed E-state index contributed by atoms with van der Waals surface area (Å²) in [6.45, 7) is 7.04. The lowest BCUT2D eigenvalue weighted by atomic mass is 10.1. The molecule has 0 bridgehead atoms. The Morgan fingerprint density at radius 2 is 1.82 bits per heavy atom. The molecule has 1 heterocycles. The molecule has 0 spiro atoms. The highest BCUT2D eigenvalue weighted by Gasteiger charge is 2.19. The minimum atomic E-state index is -0.787. The van der Waals surface area contributed by atoms with E-state index in [1.54, 1.807) is 64.1 Å². The van der Waals surface area contributed by atoms with E-state index in [4.69, 9.17) is 15.2 Å². The van der Waals surface area contributed by atoms with Gasteiger partial charge in [-0.05, 0) is 57.5 Å². The van der Waals surface area contributed by atoms with Crippen LogP contribution in [0.3, 0.4) is 0 Å². The predicted molar refractivity (Wildman–Crippen MR) is 124 cm³/mol. The minimum absolute atomic E-state index is 0.00419. The molecule has 8 nitrogen and oxygen atoms in total. The van der Waals surface area contributed by atoms with Gasteiger partial charge in [0.05, 0.1) is 23.8 Å². The number of carbonyl (C=O) groups excluding carboxylic acids is 2. The lowest BCUT2D eigenvalue weighted by molar-refractivity contribution is 0.0635. The molecular formula is C24H25FN4O4. The van der Waals surface area contributed by atoms with Gasteiger partial charge in [0.15, 0.2) is 5.75 Å². The number of nitrogens with zero attached hydrogens (tertiary/aromatic N) is 1. The van der Waals surface area contributed by atoms with Gasteiger partial charge in [-0.25, -0.2) is 9.18 Å². The van der Waals surface area contributed by atoms with Crippen molar-refractivity contribution >= 4 is 29.1 Å². The predicted octanol–water partition coefficient (Wildman–Crippen LogP) is 5.51. The monoisotopic (exact) mass is 452 g/mol. The fourth-order valence-corrected chi connectivity index (χ4v) is 2.92. The summed E-state index contributed by atoms with van der Waals surface area (Å²) < 4.78 is 25.4. The van der Waals surface area contributed by atoms with Crippen LogP contribution in [-0.2, 0) is 4.74 Å². The van der Waals surface area contributed by atoms with Gasteiger partial charge in [0.2, 0.25) is 0 Å². The maximum atomic E-state index is 14.3. The quantitative estimate of drug-likeness (QED) is 0.454. The van der Waals surface area contributed by atoms with Gasteiger partial charge in [0.25, 0.3) is 5.91 Å². The van der Waals surface area contributed by atoms with Crippen molar-refractivity contribution in [3.63, 3.8) is 0 Å². The first-order chi connectivity index (χ1) is 15.5. The molecule has 2 aromatic carbocycles. The van der Waals surface area contributed by atoms with Gasteiger partial charge in [0.1, 0.15) is 22.7 Å². The van der Waals surface area contributed by atoms with Crippen LogP contribution in [-0.4, -0.2) is 22.6 Å². The van der Waals surface area contributed by atoms with E-state index >= 15 is 0 Å². The van der Waals surface area contributed by atoms with Crippen LogP contribution in [0.2, 0.25) is 0 Å². The van der Waals surface area contributed by atoms with E-state index < -0.39 is 23.4 Å². The number of nitrogens with one attached hydrogen (secondary N) is 2. The molecule has 0 fully saturated rings. The fourth-order valence-electron chi connectivity index (χ4n) is 2.92. The van der Waals surface area contributed by atoms with Crippen LogP contribution in [0.5, 0.6) is 11.5 Å². The van der Waals surface area contributed by atoms with E-state index in [0.29, 0.717) is 11.4 Å². The Bertz CT molecular complexity index is 1190. The summed E-state index contributed by atoms with van der Waals surface area (Å²) in [4.78, 5) is 28.3. The maximum absolute atomic E-state index is 14.3. The molecule has 3 aromatic rings. The van der Waals surface area contributed by atoms with E-state index in [2.05, 4.69) is 15.6 Å². The van der Waals surface area contributed by atoms with Crippen molar-refractivity contribution < 1.29 is 23.5 Å². The molecule has 0 saturated heterocycles. The lowest BCUT2D eigenvalue weighted by Gasteiger charge is -2.20. The summed E-state index contributed by atoms with van der Waals surface area (Å²) in [6, 6.07) is 11.1. The zero-order valence-electron chi connectivity index (χ0n) is 18.7. The topological polar surface area (TPSA) is 116 Å². The highest BCUT2D eigenvalue weighted by atomic mass is 19.1. The lowest BCUT2D eigenvalue weighted by Crippen LogP contribution is -2.27. The second-order valence-electron chi connectivity index (χ2n) is 8.29. The average Bonchev–Trinajstić information content (AvgIpc) is 2.69. The van der Waals surface area contributed by atoms with Crippen LogP contribution in [0.25, 0.3) is 0 Å². The number of anilines is 3. The average molecular weight is 452 g/mol. The van der Waals surface area contributed by atoms with E-state index in [-0.39, 0.29) is 22.7 Å². The van der Waals surface area contributed by atoms with E-state index in [1.165, 1.54) is 18.5 Å². The molecule has 0 unspecified atom stereocenters. The molecule has 9 heteroatoms.